The van der Waals surface area contributed by atoms with Crippen LogP contribution in [0.15, 0.2) is 12.3 Å². The zero-order chi connectivity index (χ0) is 12.1. The molecule has 1 aromatic rings. The summed E-state index contributed by atoms with van der Waals surface area (Å²) in [5.74, 6) is -1.03. The maximum atomic E-state index is 10.9. The first-order valence-corrected chi connectivity index (χ1v) is 4.48. The Morgan fingerprint density at radius 2 is 2.25 bits per heavy atom. The van der Waals surface area contributed by atoms with E-state index in [1.54, 1.807) is 0 Å². The lowest BCUT2D eigenvalue weighted by atomic mass is 10.2. The molecule has 0 spiro atoms. The first-order chi connectivity index (χ1) is 7.54. The summed E-state index contributed by atoms with van der Waals surface area (Å²) in [6.45, 7) is 0.0279. The van der Waals surface area contributed by atoms with E-state index in [0.29, 0.717) is 0 Å². The molecule has 0 saturated carbocycles. The van der Waals surface area contributed by atoms with Crippen LogP contribution < -0.4 is 16.4 Å². The molecule has 7 heteroatoms. The number of carbonyl (C=O) groups excluding carboxylic acids is 1. The van der Waals surface area contributed by atoms with E-state index in [1.165, 1.54) is 19.3 Å². The average Bonchev–Trinajstić information content (AvgIpc) is 2.26. The molecule has 0 atom stereocenters. The largest absolute Gasteiger partial charge is 0.478 e. The summed E-state index contributed by atoms with van der Waals surface area (Å²) in [6.07, 6.45) is 1.17. The number of aromatic carboxylic acids is 1. The van der Waals surface area contributed by atoms with E-state index in [1.807, 2.05) is 0 Å². The number of anilines is 2. The lowest BCUT2D eigenvalue weighted by molar-refractivity contribution is -0.118. The van der Waals surface area contributed by atoms with Gasteiger partial charge in [0.25, 0.3) is 0 Å². The Morgan fingerprint density at radius 3 is 2.75 bits per heavy atom. The van der Waals surface area contributed by atoms with Crippen molar-refractivity contribution in [1.82, 2.24) is 10.3 Å². The number of pyridine rings is 1. The molecule has 0 aliphatic rings. The quantitative estimate of drug-likeness (QED) is 0.548. The standard InChI is InChI=1S/C9H12N4O3/c1-11-7(14)4-13-8-6(10)2-5(3-12-8)9(15)16/h2-3H,4,10H2,1H3,(H,11,14)(H,12,13)(H,15,16). The third kappa shape index (κ3) is 2.84. The number of carbonyl (C=O) groups is 2. The van der Waals surface area contributed by atoms with Crippen molar-refractivity contribution < 1.29 is 14.7 Å². The molecule has 0 aliphatic heterocycles. The molecule has 0 aromatic carbocycles. The molecular formula is C9H12N4O3. The second-order valence-electron chi connectivity index (χ2n) is 2.99. The number of amides is 1. The highest BCUT2D eigenvalue weighted by Gasteiger charge is 2.08. The molecule has 0 radical (unpaired) electrons. The molecule has 16 heavy (non-hydrogen) atoms. The summed E-state index contributed by atoms with van der Waals surface area (Å²) in [7, 11) is 1.51. The fraction of sp³-hybridized carbons (Fsp3) is 0.222. The molecular weight excluding hydrogens is 212 g/mol. The Morgan fingerprint density at radius 1 is 1.56 bits per heavy atom. The van der Waals surface area contributed by atoms with E-state index >= 15 is 0 Å². The number of aromatic nitrogens is 1. The number of nitrogens with two attached hydrogens (primary N) is 1. The van der Waals surface area contributed by atoms with Crippen LogP contribution in [0.5, 0.6) is 0 Å². The summed E-state index contributed by atoms with van der Waals surface area (Å²) < 4.78 is 0. The minimum Gasteiger partial charge on any atom is -0.478 e. The molecule has 1 heterocycles. The highest BCUT2D eigenvalue weighted by atomic mass is 16.4. The molecule has 7 nitrogen and oxygen atoms in total. The second-order valence-corrected chi connectivity index (χ2v) is 2.99. The fourth-order valence-electron chi connectivity index (χ4n) is 0.999. The predicted octanol–water partition coefficient (Wildman–Crippen LogP) is -0.480. The Hall–Kier alpha value is -2.31. The lowest BCUT2D eigenvalue weighted by Crippen LogP contribution is -2.26. The summed E-state index contributed by atoms with van der Waals surface area (Å²) in [4.78, 5) is 25.3. The summed E-state index contributed by atoms with van der Waals surface area (Å²) >= 11 is 0. The SMILES string of the molecule is CNC(=O)CNc1ncc(C(=O)O)cc1N. The van der Waals surface area contributed by atoms with Gasteiger partial charge in [-0.15, -0.1) is 0 Å². The maximum absolute atomic E-state index is 10.9. The van der Waals surface area contributed by atoms with Crippen LogP contribution >= 0.6 is 0 Å². The second kappa shape index (κ2) is 4.96. The van der Waals surface area contributed by atoms with Gasteiger partial charge in [-0.05, 0) is 6.07 Å². The van der Waals surface area contributed by atoms with E-state index in [4.69, 9.17) is 10.8 Å². The Labute approximate surface area is 91.7 Å². The molecule has 86 valence electrons. The van der Waals surface area contributed by atoms with Crippen LogP contribution in [-0.4, -0.2) is 35.6 Å². The van der Waals surface area contributed by atoms with Crippen molar-refractivity contribution in [3.8, 4) is 0 Å². The highest BCUT2D eigenvalue weighted by Crippen LogP contribution is 2.15. The fourth-order valence-corrected chi connectivity index (χ4v) is 0.999. The van der Waals surface area contributed by atoms with Crippen molar-refractivity contribution >= 4 is 23.4 Å². The van der Waals surface area contributed by atoms with E-state index in [0.717, 1.165) is 0 Å². The number of hydrogen-bond acceptors (Lipinski definition) is 5. The van der Waals surface area contributed by atoms with Gasteiger partial charge < -0.3 is 21.5 Å². The minimum atomic E-state index is -1.10. The smallest absolute Gasteiger partial charge is 0.337 e. The number of carboxylic acid groups (broad SMARTS) is 1. The van der Waals surface area contributed by atoms with Crippen LogP contribution in [0.2, 0.25) is 0 Å². The van der Waals surface area contributed by atoms with Gasteiger partial charge in [0.15, 0.2) is 0 Å². The predicted molar refractivity (Wildman–Crippen MR) is 58.2 cm³/mol. The molecule has 1 aromatic heterocycles. The highest BCUT2D eigenvalue weighted by molar-refractivity contribution is 5.89. The minimum absolute atomic E-state index is 0.00277. The third-order valence-corrected chi connectivity index (χ3v) is 1.86. The van der Waals surface area contributed by atoms with E-state index < -0.39 is 5.97 Å². The first-order valence-electron chi connectivity index (χ1n) is 4.48. The van der Waals surface area contributed by atoms with Gasteiger partial charge in [-0.1, -0.05) is 0 Å². The van der Waals surface area contributed by atoms with Gasteiger partial charge in [-0.25, -0.2) is 9.78 Å². The molecule has 5 N–H and O–H groups in total. The Kier molecular flexibility index (Phi) is 3.65. The van der Waals surface area contributed by atoms with Crippen molar-refractivity contribution in [1.29, 1.82) is 0 Å². The van der Waals surface area contributed by atoms with E-state index in [9.17, 15) is 9.59 Å². The summed E-state index contributed by atoms with van der Waals surface area (Å²) in [6, 6.07) is 1.28. The van der Waals surface area contributed by atoms with Crippen molar-refractivity contribution in [3.63, 3.8) is 0 Å². The molecule has 1 rings (SSSR count). The Balaban J connectivity index is 2.75. The average molecular weight is 224 g/mol. The van der Waals surface area contributed by atoms with E-state index in [2.05, 4.69) is 15.6 Å². The number of rotatable bonds is 4. The van der Waals surface area contributed by atoms with Gasteiger partial charge in [0.05, 0.1) is 17.8 Å². The lowest BCUT2D eigenvalue weighted by Gasteiger charge is -2.07. The molecule has 1 amide bonds. The van der Waals surface area contributed by atoms with Crippen LogP contribution in [0.25, 0.3) is 0 Å². The van der Waals surface area contributed by atoms with Gasteiger partial charge in [0.2, 0.25) is 5.91 Å². The monoisotopic (exact) mass is 224 g/mol. The van der Waals surface area contributed by atoms with Crippen molar-refractivity contribution in [3.05, 3.63) is 17.8 Å². The maximum Gasteiger partial charge on any atom is 0.337 e. The van der Waals surface area contributed by atoms with Gasteiger partial charge in [-0.3, -0.25) is 4.79 Å². The molecule has 0 unspecified atom stereocenters. The summed E-state index contributed by atoms with van der Waals surface area (Å²) in [5, 5.41) is 13.8. The Bertz CT molecular complexity index is 419. The zero-order valence-corrected chi connectivity index (χ0v) is 8.65. The van der Waals surface area contributed by atoms with Crippen molar-refractivity contribution in [2.75, 3.05) is 24.6 Å². The molecule has 0 saturated heterocycles. The van der Waals surface area contributed by atoms with Crippen molar-refractivity contribution in [2.24, 2.45) is 0 Å². The topological polar surface area (TPSA) is 117 Å². The number of hydrogen-bond donors (Lipinski definition) is 4. The van der Waals surface area contributed by atoms with Gasteiger partial charge in [0.1, 0.15) is 5.82 Å². The first kappa shape index (κ1) is 11.8. The molecule has 0 bridgehead atoms. The van der Waals surface area contributed by atoms with Crippen LogP contribution in [-0.2, 0) is 4.79 Å². The van der Waals surface area contributed by atoms with Crippen molar-refractivity contribution in [2.45, 2.75) is 0 Å². The van der Waals surface area contributed by atoms with Gasteiger partial charge in [-0.2, -0.15) is 0 Å². The molecule has 0 aliphatic carbocycles. The molecule has 0 fully saturated rings. The van der Waals surface area contributed by atoms with Crippen LogP contribution in [0.4, 0.5) is 11.5 Å². The number of nitrogens with zero attached hydrogens (tertiary/aromatic N) is 1. The number of carboxylic acids is 1. The van der Waals surface area contributed by atoms with Crippen LogP contribution in [0, 0.1) is 0 Å². The number of likely N-dealkylation sites (N-methyl/N-ethyl adjacent to an activating group) is 1. The van der Waals surface area contributed by atoms with Gasteiger partial charge >= 0.3 is 5.97 Å². The van der Waals surface area contributed by atoms with Gasteiger partial charge in [0, 0.05) is 13.2 Å². The zero-order valence-electron chi connectivity index (χ0n) is 8.65. The summed E-state index contributed by atoms with van der Waals surface area (Å²) in [5.41, 5.74) is 5.75. The normalized spacial score (nSPS) is 9.56. The number of nitrogen functional groups attached to an aromatic ring is 1. The van der Waals surface area contributed by atoms with E-state index in [-0.39, 0.29) is 29.5 Å². The van der Waals surface area contributed by atoms with Crippen LogP contribution in [0.3, 0.4) is 0 Å². The third-order valence-electron chi connectivity index (χ3n) is 1.86. The van der Waals surface area contributed by atoms with Crippen LogP contribution in [0.1, 0.15) is 10.4 Å². The number of nitrogens with one attached hydrogen (secondary N) is 2.